The second-order valence-electron chi connectivity index (χ2n) is 6.49. The van der Waals surface area contributed by atoms with Crippen LogP contribution in [-0.2, 0) is 0 Å². The van der Waals surface area contributed by atoms with Crippen molar-refractivity contribution in [3.63, 3.8) is 0 Å². The Balaban J connectivity index is 1.49. The van der Waals surface area contributed by atoms with Crippen molar-refractivity contribution in [3.8, 4) is 10.6 Å². The molecule has 3 saturated heterocycles. The van der Waals surface area contributed by atoms with Crippen LogP contribution in [0.1, 0.15) is 29.6 Å². The zero-order valence-electron chi connectivity index (χ0n) is 13.4. The van der Waals surface area contributed by atoms with E-state index >= 15 is 0 Å². The zero-order chi connectivity index (χ0) is 16.7. The van der Waals surface area contributed by atoms with Crippen molar-refractivity contribution in [2.45, 2.75) is 31.8 Å². The second kappa shape index (κ2) is 6.22. The number of fused-ring (bicyclic) bond motifs is 3. The first-order chi connectivity index (χ1) is 11.6. The number of aromatic nitrogens is 2. The minimum absolute atomic E-state index is 0.145. The van der Waals surface area contributed by atoms with Crippen LogP contribution in [0.25, 0.3) is 10.6 Å². The molecule has 0 aromatic carbocycles. The third-order valence-electron chi connectivity index (χ3n) is 5.14. The van der Waals surface area contributed by atoms with E-state index in [0.29, 0.717) is 27.5 Å². The summed E-state index contributed by atoms with van der Waals surface area (Å²) < 4.78 is 13.2. The molecule has 0 aliphatic carbocycles. The Morgan fingerprint density at radius 2 is 2.17 bits per heavy atom. The number of hydrogen-bond donors (Lipinski definition) is 1. The fraction of sp³-hybridized carbons (Fsp3) is 0.471. The summed E-state index contributed by atoms with van der Waals surface area (Å²) in [5.41, 5.74) is 0.503. The van der Waals surface area contributed by atoms with E-state index in [1.807, 2.05) is 0 Å². The number of halogens is 1. The molecule has 0 saturated carbocycles. The summed E-state index contributed by atoms with van der Waals surface area (Å²) in [5.74, 6) is -0.125. The van der Waals surface area contributed by atoms with Gasteiger partial charge in [-0.2, -0.15) is 4.39 Å². The summed E-state index contributed by atoms with van der Waals surface area (Å²) in [5, 5.41) is 3.57. The Bertz CT molecular complexity index is 755. The largest absolute Gasteiger partial charge is 0.345 e. The van der Waals surface area contributed by atoms with E-state index in [9.17, 15) is 9.18 Å². The number of nitrogens with one attached hydrogen (secondary N) is 1. The third kappa shape index (κ3) is 2.82. The summed E-state index contributed by atoms with van der Waals surface area (Å²) >= 11 is 1.25. The molecule has 0 unspecified atom stereocenters. The van der Waals surface area contributed by atoms with E-state index in [1.54, 1.807) is 18.3 Å². The first kappa shape index (κ1) is 15.7. The molecule has 2 aromatic rings. The maximum Gasteiger partial charge on any atom is 0.280 e. The lowest BCUT2D eigenvalue weighted by Gasteiger charge is -2.49. The van der Waals surface area contributed by atoms with Crippen molar-refractivity contribution in [2.24, 2.45) is 5.92 Å². The molecule has 2 atom stereocenters. The van der Waals surface area contributed by atoms with Crippen molar-refractivity contribution >= 4 is 17.2 Å². The Kier molecular flexibility index (Phi) is 4.05. The molecule has 3 aliphatic rings. The Labute approximate surface area is 143 Å². The number of amides is 1. The van der Waals surface area contributed by atoms with Crippen molar-refractivity contribution in [1.82, 2.24) is 20.2 Å². The molecule has 7 heteroatoms. The lowest BCUT2D eigenvalue weighted by molar-refractivity contribution is 0.0217. The average Bonchev–Trinajstić information content (AvgIpc) is 3.09. The third-order valence-corrected chi connectivity index (χ3v) is 6.16. The van der Waals surface area contributed by atoms with E-state index < -0.39 is 5.95 Å². The molecule has 5 rings (SSSR count). The van der Waals surface area contributed by atoms with Crippen LogP contribution >= 0.6 is 11.3 Å². The fourth-order valence-electron chi connectivity index (χ4n) is 3.80. The van der Waals surface area contributed by atoms with Crippen LogP contribution in [0.3, 0.4) is 0 Å². The molecule has 1 amide bonds. The second-order valence-corrected chi connectivity index (χ2v) is 7.52. The topological polar surface area (TPSA) is 58.1 Å². The zero-order valence-corrected chi connectivity index (χ0v) is 14.2. The molecule has 0 radical (unpaired) electrons. The van der Waals surface area contributed by atoms with Gasteiger partial charge in [-0.25, -0.2) is 9.97 Å². The summed E-state index contributed by atoms with van der Waals surface area (Å²) in [7, 11) is 0. The minimum atomic E-state index is -0.534. The van der Waals surface area contributed by atoms with Gasteiger partial charge >= 0.3 is 0 Å². The molecular formula is C17H19FN4OS. The molecule has 1 N–H and O–H groups in total. The molecule has 5 nitrogen and oxygen atoms in total. The maximum atomic E-state index is 13.2. The summed E-state index contributed by atoms with van der Waals surface area (Å²) in [4.78, 5) is 23.8. The van der Waals surface area contributed by atoms with Crippen molar-refractivity contribution in [3.05, 3.63) is 35.4 Å². The summed E-state index contributed by atoms with van der Waals surface area (Å²) in [6.07, 6.45) is 3.87. The van der Waals surface area contributed by atoms with Gasteiger partial charge in [-0.05, 0) is 50.9 Å². The van der Waals surface area contributed by atoms with Crippen LogP contribution in [0.2, 0.25) is 0 Å². The minimum Gasteiger partial charge on any atom is -0.345 e. The molecule has 5 heterocycles. The maximum absolute atomic E-state index is 13.2. The number of rotatable bonds is 3. The monoisotopic (exact) mass is 346 g/mol. The average molecular weight is 346 g/mol. The highest BCUT2D eigenvalue weighted by Gasteiger charge is 2.40. The van der Waals surface area contributed by atoms with Crippen LogP contribution in [-0.4, -0.2) is 45.9 Å². The van der Waals surface area contributed by atoms with Crippen LogP contribution in [0.5, 0.6) is 0 Å². The van der Waals surface area contributed by atoms with Crippen molar-refractivity contribution in [1.29, 1.82) is 0 Å². The number of hydrogen-bond acceptors (Lipinski definition) is 5. The van der Waals surface area contributed by atoms with E-state index in [1.165, 1.54) is 17.4 Å². The number of pyridine rings is 1. The standard InChI is InChI=1S/C17H19FN4OS/c1-10-15(11-5-7-22(10)8-6-11)21-16(23)17-19-9-13(24-17)12-3-2-4-14(18)20-12/h2-4,9-11,15H,5-8H2,1H3,(H,21,23)/t10-,15-/m0/s1. The van der Waals surface area contributed by atoms with Crippen LogP contribution < -0.4 is 5.32 Å². The van der Waals surface area contributed by atoms with Gasteiger partial charge in [0.1, 0.15) is 0 Å². The molecular weight excluding hydrogens is 327 g/mol. The number of piperidine rings is 3. The quantitative estimate of drug-likeness (QED) is 0.868. The van der Waals surface area contributed by atoms with E-state index in [0.717, 1.165) is 25.9 Å². The first-order valence-corrected chi connectivity index (χ1v) is 9.07. The molecule has 24 heavy (non-hydrogen) atoms. The van der Waals surface area contributed by atoms with Gasteiger partial charge in [0.05, 0.1) is 10.6 Å². The molecule has 3 fully saturated rings. The highest BCUT2D eigenvalue weighted by Crippen LogP contribution is 2.32. The number of carbonyl (C=O) groups excluding carboxylic acids is 1. The molecule has 2 aromatic heterocycles. The van der Waals surface area contributed by atoms with E-state index in [-0.39, 0.29) is 11.9 Å². The van der Waals surface area contributed by atoms with Crippen LogP contribution in [0, 0.1) is 11.9 Å². The van der Waals surface area contributed by atoms with Crippen LogP contribution in [0.4, 0.5) is 4.39 Å². The molecule has 0 spiro atoms. The first-order valence-electron chi connectivity index (χ1n) is 8.25. The smallest absolute Gasteiger partial charge is 0.280 e. The fourth-order valence-corrected chi connectivity index (χ4v) is 4.59. The van der Waals surface area contributed by atoms with Gasteiger partial charge in [0.15, 0.2) is 5.01 Å². The predicted molar refractivity (Wildman–Crippen MR) is 90.3 cm³/mol. The Morgan fingerprint density at radius 1 is 1.38 bits per heavy atom. The van der Waals surface area contributed by atoms with Crippen molar-refractivity contribution in [2.75, 3.05) is 13.1 Å². The lowest BCUT2D eigenvalue weighted by atomic mass is 9.79. The van der Waals surface area contributed by atoms with Crippen LogP contribution in [0.15, 0.2) is 24.4 Å². The Morgan fingerprint density at radius 3 is 2.88 bits per heavy atom. The van der Waals surface area contributed by atoms with E-state index in [2.05, 4.69) is 27.1 Å². The van der Waals surface area contributed by atoms with Gasteiger partial charge in [0, 0.05) is 18.3 Å². The SMILES string of the molecule is C[C@H]1[C@H](NC(=O)c2ncc(-c3cccc(F)n3)s2)C2CCN1CC2. The number of carbonyl (C=O) groups is 1. The normalized spacial score (nSPS) is 28.8. The lowest BCUT2D eigenvalue weighted by Crippen LogP contribution is -2.62. The van der Waals surface area contributed by atoms with Gasteiger partial charge in [-0.1, -0.05) is 6.07 Å². The van der Waals surface area contributed by atoms with Gasteiger partial charge < -0.3 is 5.32 Å². The van der Waals surface area contributed by atoms with Gasteiger partial charge in [0.25, 0.3) is 5.91 Å². The molecule has 3 aliphatic heterocycles. The predicted octanol–water partition coefficient (Wildman–Crippen LogP) is 2.56. The van der Waals surface area contributed by atoms with E-state index in [4.69, 9.17) is 0 Å². The van der Waals surface area contributed by atoms with Gasteiger partial charge in [-0.3, -0.25) is 9.69 Å². The molecule has 126 valence electrons. The van der Waals surface area contributed by atoms with Gasteiger partial charge in [0.2, 0.25) is 5.95 Å². The number of thiazole rings is 1. The van der Waals surface area contributed by atoms with Crippen molar-refractivity contribution < 1.29 is 9.18 Å². The van der Waals surface area contributed by atoms with Gasteiger partial charge in [-0.15, -0.1) is 11.3 Å². The highest BCUT2D eigenvalue weighted by molar-refractivity contribution is 7.16. The Hall–Kier alpha value is -1.86. The molecule has 2 bridgehead atoms. The highest BCUT2D eigenvalue weighted by atomic mass is 32.1. The summed E-state index contributed by atoms with van der Waals surface area (Å²) in [6.45, 7) is 4.44. The summed E-state index contributed by atoms with van der Waals surface area (Å²) in [6, 6.07) is 5.16. The number of nitrogens with zero attached hydrogens (tertiary/aromatic N) is 3.